The molecule has 4 aromatic rings. The van der Waals surface area contributed by atoms with Crippen LogP contribution in [0.5, 0.6) is 11.8 Å². The minimum Gasteiger partial charge on any atom is -0.476 e. The molecular formula is C26H32N8O3. The second-order valence-electron chi connectivity index (χ2n) is 9.53. The fourth-order valence-corrected chi connectivity index (χ4v) is 5.30. The Morgan fingerprint density at radius 3 is 2.95 bits per heavy atom. The summed E-state index contributed by atoms with van der Waals surface area (Å²) in [6.45, 7) is 4.95. The summed E-state index contributed by atoms with van der Waals surface area (Å²) >= 11 is 0. The van der Waals surface area contributed by atoms with Gasteiger partial charge >= 0.3 is 0 Å². The van der Waals surface area contributed by atoms with Gasteiger partial charge < -0.3 is 19.9 Å². The number of nitrogens with zero attached hydrogens (tertiary/aromatic N) is 6. The van der Waals surface area contributed by atoms with E-state index in [4.69, 9.17) is 14.6 Å². The molecule has 1 aromatic carbocycles. The zero-order valence-corrected chi connectivity index (χ0v) is 21.3. The average molecular weight is 505 g/mol. The highest BCUT2D eigenvalue weighted by Gasteiger charge is 2.34. The average Bonchev–Trinajstić information content (AvgIpc) is 3.66. The molecule has 0 spiro atoms. The van der Waals surface area contributed by atoms with Gasteiger partial charge in [-0.3, -0.25) is 14.7 Å². The van der Waals surface area contributed by atoms with Crippen molar-refractivity contribution in [2.75, 3.05) is 33.4 Å². The predicted molar refractivity (Wildman–Crippen MR) is 140 cm³/mol. The van der Waals surface area contributed by atoms with Crippen molar-refractivity contribution in [3.05, 3.63) is 41.3 Å². The maximum Gasteiger partial charge on any atom is 0.240 e. The van der Waals surface area contributed by atoms with Gasteiger partial charge in [0.15, 0.2) is 0 Å². The lowest BCUT2D eigenvalue weighted by Crippen LogP contribution is -2.43. The maximum absolute atomic E-state index is 9.75. The lowest BCUT2D eigenvalue weighted by molar-refractivity contribution is 0.104. The van der Waals surface area contributed by atoms with E-state index in [1.165, 1.54) is 0 Å². The van der Waals surface area contributed by atoms with Crippen molar-refractivity contribution >= 4 is 23.1 Å². The molecule has 3 N–H and O–H groups in total. The third-order valence-electron chi connectivity index (χ3n) is 7.21. The molecule has 3 aromatic heterocycles. The first-order valence-electron chi connectivity index (χ1n) is 12.7. The van der Waals surface area contributed by atoms with Crippen LogP contribution >= 0.6 is 0 Å². The molecule has 37 heavy (non-hydrogen) atoms. The molecule has 2 bridgehead atoms. The standard InChI is InChI=1S/C26H32N8O3/c1-4-36-25-17-6-8-21-18-11-16(5-7-20(18)29-30-21)19-12-28-33(3)26(19)37-24-14-27-13-22(24)32(2)15-23(17)34(31-25)9-10-35/h5-8,11-12,22,24,27,35H,4,9-10,13-15H2,1-3H3,(H,29,30)/b8-6+/t22?,24-/m0/s1. The molecule has 5 heterocycles. The molecule has 0 aliphatic carbocycles. The molecule has 1 unspecified atom stereocenters. The Kier molecular flexibility index (Phi) is 6.19. The molecule has 0 amide bonds. The Bertz CT molecular complexity index is 1450. The number of aliphatic hydroxyl groups excluding tert-OH is 1. The van der Waals surface area contributed by atoms with Crippen molar-refractivity contribution < 1.29 is 14.6 Å². The summed E-state index contributed by atoms with van der Waals surface area (Å²) in [5.41, 5.74) is 5.59. The summed E-state index contributed by atoms with van der Waals surface area (Å²) in [4.78, 5) is 2.28. The van der Waals surface area contributed by atoms with Gasteiger partial charge in [-0.15, -0.1) is 5.10 Å². The number of rotatable bonds is 4. The van der Waals surface area contributed by atoms with E-state index in [2.05, 4.69) is 44.7 Å². The van der Waals surface area contributed by atoms with Crippen LogP contribution in [0.4, 0.5) is 0 Å². The Hall–Kier alpha value is -3.67. The van der Waals surface area contributed by atoms with Crippen molar-refractivity contribution in [2.24, 2.45) is 7.05 Å². The summed E-state index contributed by atoms with van der Waals surface area (Å²) in [5.74, 6) is 1.29. The van der Waals surface area contributed by atoms with Crippen LogP contribution < -0.4 is 14.8 Å². The van der Waals surface area contributed by atoms with Crippen LogP contribution in [0, 0.1) is 0 Å². The van der Waals surface area contributed by atoms with E-state index in [-0.39, 0.29) is 18.8 Å². The summed E-state index contributed by atoms with van der Waals surface area (Å²) in [6.07, 6.45) is 5.80. The van der Waals surface area contributed by atoms with Gasteiger partial charge in [0.25, 0.3) is 0 Å². The number of aromatic amines is 1. The number of aryl methyl sites for hydroxylation is 1. The number of aromatic nitrogens is 6. The van der Waals surface area contributed by atoms with Gasteiger partial charge in [0, 0.05) is 32.1 Å². The lowest BCUT2D eigenvalue weighted by atomic mass is 10.1. The second kappa shape index (κ2) is 9.66. The first-order chi connectivity index (χ1) is 18.1. The number of hydrogen-bond donors (Lipinski definition) is 3. The van der Waals surface area contributed by atoms with Crippen molar-refractivity contribution in [1.82, 2.24) is 40.0 Å². The quantitative estimate of drug-likeness (QED) is 0.386. The highest BCUT2D eigenvalue weighted by molar-refractivity contribution is 5.93. The van der Waals surface area contributed by atoms with E-state index >= 15 is 0 Å². The molecule has 0 saturated carbocycles. The highest BCUT2D eigenvalue weighted by atomic mass is 16.5. The number of likely N-dealkylation sites (N-methyl/N-ethyl adjacent to an activating group) is 1. The largest absolute Gasteiger partial charge is 0.476 e. The smallest absolute Gasteiger partial charge is 0.240 e. The Labute approximate surface area is 214 Å². The van der Waals surface area contributed by atoms with Gasteiger partial charge in [-0.2, -0.15) is 10.2 Å². The van der Waals surface area contributed by atoms with E-state index in [0.717, 1.165) is 58.0 Å². The Morgan fingerprint density at radius 1 is 1.22 bits per heavy atom. The highest BCUT2D eigenvalue weighted by Crippen LogP contribution is 2.35. The van der Waals surface area contributed by atoms with E-state index < -0.39 is 0 Å². The molecule has 2 aliphatic heterocycles. The van der Waals surface area contributed by atoms with E-state index in [9.17, 15) is 5.11 Å². The third-order valence-corrected chi connectivity index (χ3v) is 7.21. The molecule has 2 aliphatic rings. The number of benzene rings is 1. The molecule has 194 valence electrons. The number of hydrogen-bond acceptors (Lipinski definition) is 8. The Balaban J connectivity index is 1.55. The summed E-state index contributed by atoms with van der Waals surface area (Å²) in [6, 6.07) is 6.35. The van der Waals surface area contributed by atoms with Gasteiger partial charge in [-0.1, -0.05) is 6.07 Å². The van der Waals surface area contributed by atoms with Gasteiger partial charge in [-0.05, 0) is 43.8 Å². The van der Waals surface area contributed by atoms with Crippen molar-refractivity contribution in [3.8, 4) is 22.9 Å². The number of aliphatic hydroxyl groups is 1. The molecule has 2 atom stereocenters. The summed E-state index contributed by atoms with van der Waals surface area (Å²) < 4.78 is 16.2. The van der Waals surface area contributed by atoms with E-state index in [1.807, 2.05) is 43.1 Å². The number of fused-ring (bicyclic) bond motifs is 5. The molecule has 11 nitrogen and oxygen atoms in total. The molecule has 11 heteroatoms. The fraction of sp³-hybridized carbons (Fsp3) is 0.423. The fourth-order valence-electron chi connectivity index (χ4n) is 5.30. The van der Waals surface area contributed by atoms with Crippen molar-refractivity contribution in [3.63, 3.8) is 0 Å². The molecule has 6 rings (SSSR count). The molecule has 1 saturated heterocycles. The monoisotopic (exact) mass is 504 g/mol. The van der Waals surface area contributed by atoms with Crippen LogP contribution in [-0.4, -0.2) is 85.3 Å². The van der Waals surface area contributed by atoms with Gasteiger partial charge in [-0.25, -0.2) is 4.68 Å². The van der Waals surface area contributed by atoms with Crippen LogP contribution in [0.2, 0.25) is 0 Å². The van der Waals surface area contributed by atoms with Gasteiger partial charge in [0.05, 0.1) is 60.0 Å². The number of H-pyrrole nitrogens is 1. The third kappa shape index (κ3) is 4.18. The van der Waals surface area contributed by atoms with Gasteiger partial charge in [0.1, 0.15) is 6.10 Å². The first kappa shape index (κ1) is 23.7. The SMILES string of the molecule is CCOc1nn(CCO)c2c1/C=C/c1n[nH]c3ccc(cc13)-c1cnn(C)c1O[C@H]1CNCC1N(C)C2. The molecule has 0 radical (unpaired) electrons. The van der Waals surface area contributed by atoms with E-state index in [0.29, 0.717) is 25.6 Å². The summed E-state index contributed by atoms with van der Waals surface area (Å²) in [5, 5.41) is 31.2. The summed E-state index contributed by atoms with van der Waals surface area (Å²) in [7, 11) is 4.01. The second-order valence-corrected chi connectivity index (χ2v) is 9.53. The van der Waals surface area contributed by atoms with Crippen LogP contribution in [0.1, 0.15) is 23.9 Å². The van der Waals surface area contributed by atoms with Crippen LogP contribution in [0.3, 0.4) is 0 Å². The van der Waals surface area contributed by atoms with Gasteiger partial charge in [0.2, 0.25) is 11.8 Å². The first-order valence-corrected chi connectivity index (χ1v) is 12.7. The Morgan fingerprint density at radius 2 is 2.11 bits per heavy atom. The van der Waals surface area contributed by atoms with Crippen LogP contribution in [-0.2, 0) is 20.1 Å². The van der Waals surface area contributed by atoms with Crippen molar-refractivity contribution in [1.29, 1.82) is 0 Å². The van der Waals surface area contributed by atoms with Crippen LogP contribution in [0.15, 0.2) is 24.4 Å². The van der Waals surface area contributed by atoms with Crippen LogP contribution in [0.25, 0.3) is 34.2 Å². The minimum atomic E-state index is -0.0722. The minimum absolute atomic E-state index is 0.0140. The maximum atomic E-state index is 9.75. The number of nitrogens with one attached hydrogen (secondary N) is 2. The predicted octanol–water partition coefficient (Wildman–Crippen LogP) is 1.89. The normalized spacial score (nSPS) is 20.6. The topological polar surface area (TPSA) is 118 Å². The molecule has 1 fully saturated rings. The lowest BCUT2D eigenvalue weighted by Gasteiger charge is -2.29. The number of ether oxygens (including phenoxy) is 2. The van der Waals surface area contributed by atoms with E-state index in [1.54, 1.807) is 4.68 Å². The zero-order chi connectivity index (χ0) is 25.5. The zero-order valence-electron chi connectivity index (χ0n) is 21.3. The van der Waals surface area contributed by atoms with Crippen molar-refractivity contribution in [2.45, 2.75) is 32.2 Å². The molecular weight excluding hydrogens is 472 g/mol.